The van der Waals surface area contributed by atoms with Crippen LogP contribution in [0.15, 0.2) is 11.1 Å². The van der Waals surface area contributed by atoms with E-state index in [1.165, 1.54) is 5.57 Å². The van der Waals surface area contributed by atoms with Gasteiger partial charge >= 0.3 is 11.9 Å². The lowest BCUT2D eigenvalue weighted by Crippen LogP contribution is -2.62. The van der Waals surface area contributed by atoms with Crippen molar-refractivity contribution < 1.29 is 34.8 Å². The van der Waals surface area contributed by atoms with Crippen molar-refractivity contribution >= 4 is 11.9 Å². The SMILES string of the molecule is CO[C@@H]1CC2=C(CC[C@@]3(C(=O)O)CCC(C)(C)[C@@H](O)[C@@H]23)[C@]2(C)CC[C@@H]3[C@](C)(CC[C@@H](O)[C@]3(C)C(=O)O)[C@H]2C1. The van der Waals surface area contributed by atoms with Crippen molar-refractivity contribution in [2.45, 2.75) is 117 Å². The summed E-state index contributed by atoms with van der Waals surface area (Å²) in [6.07, 6.45) is 4.86. The molecule has 4 N–H and O–H groups in total. The normalized spacial score (nSPS) is 50.1. The molecule has 0 aromatic heterocycles. The number of hydrogen-bond donors (Lipinski definition) is 4. The van der Waals surface area contributed by atoms with Crippen molar-refractivity contribution in [2.24, 2.45) is 44.8 Å². The Morgan fingerprint density at radius 2 is 1.55 bits per heavy atom. The average Bonchev–Trinajstić information content (AvgIpc) is 2.98. The number of fused-ring (bicyclic) bond motifs is 6. The molecule has 0 unspecified atom stereocenters. The molecule has 38 heavy (non-hydrogen) atoms. The summed E-state index contributed by atoms with van der Waals surface area (Å²) in [7, 11) is 1.72. The molecular weight excluding hydrogens is 484 g/mol. The van der Waals surface area contributed by atoms with Crippen LogP contribution in [-0.2, 0) is 14.3 Å². The van der Waals surface area contributed by atoms with Crippen LogP contribution in [0.3, 0.4) is 0 Å². The van der Waals surface area contributed by atoms with E-state index in [0.29, 0.717) is 44.9 Å². The number of aliphatic hydroxyl groups excluding tert-OH is 2. The van der Waals surface area contributed by atoms with Crippen LogP contribution >= 0.6 is 0 Å². The fourth-order valence-corrected chi connectivity index (χ4v) is 10.5. The van der Waals surface area contributed by atoms with E-state index in [1.54, 1.807) is 14.0 Å². The number of carboxylic acid groups (broad SMARTS) is 2. The molecule has 214 valence electrons. The highest BCUT2D eigenvalue weighted by atomic mass is 16.5. The van der Waals surface area contributed by atoms with Gasteiger partial charge < -0.3 is 25.2 Å². The van der Waals surface area contributed by atoms with Crippen molar-refractivity contribution in [3.8, 4) is 0 Å². The number of aliphatic carboxylic acids is 2. The summed E-state index contributed by atoms with van der Waals surface area (Å²) < 4.78 is 6.09. The molecule has 3 saturated carbocycles. The molecule has 0 spiro atoms. The summed E-state index contributed by atoms with van der Waals surface area (Å²) in [4.78, 5) is 25.5. The van der Waals surface area contributed by atoms with Gasteiger partial charge in [0.15, 0.2) is 0 Å². The summed E-state index contributed by atoms with van der Waals surface area (Å²) in [6.45, 7) is 10.4. The number of ether oxygens (including phenoxy) is 1. The zero-order valence-electron chi connectivity index (χ0n) is 24.0. The Balaban J connectivity index is 1.68. The third kappa shape index (κ3) is 3.49. The summed E-state index contributed by atoms with van der Waals surface area (Å²) in [5.74, 6) is -2.17. The maximum Gasteiger partial charge on any atom is 0.312 e. The smallest absolute Gasteiger partial charge is 0.312 e. The van der Waals surface area contributed by atoms with E-state index >= 15 is 0 Å². The molecule has 5 rings (SSSR count). The molecule has 0 aromatic carbocycles. The van der Waals surface area contributed by atoms with Crippen LogP contribution in [-0.4, -0.2) is 57.8 Å². The number of rotatable bonds is 3. The zero-order chi connectivity index (χ0) is 28.1. The molecule has 7 heteroatoms. The van der Waals surface area contributed by atoms with Gasteiger partial charge in [0.05, 0.1) is 29.1 Å². The number of methoxy groups -OCH3 is 1. The van der Waals surface area contributed by atoms with Gasteiger partial charge in [0.2, 0.25) is 0 Å². The third-order valence-corrected chi connectivity index (χ3v) is 13.1. The van der Waals surface area contributed by atoms with Crippen molar-refractivity contribution in [1.82, 2.24) is 0 Å². The molecular formula is C31H48O7. The van der Waals surface area contributed by atoms with Gasteiger partial charge in [0, 0.05) is 13.0 Å². The molecule has 5 aliphatic carbocycles. The zero-order valence-corrected chi connectivity index (χ0v) is 24.0. The van der Waals surface area contributed by atoms with Gasteiger partial charge in [0.25, 0.3) is 0 Å². The second-order valence-electron chi connectivity index (χ2n) is 14.9. The molecule has 0 aliphatic heterocycles. The predicted octanol–water partition coefficient (Wildman–Crippen LogP) is 5.04. The summed E-state index contributed by atoms with van der Waals surface area (Å²) in [5.41, 5.74) is -0.653. The quantitative estimate of drug-likeness (QED) is 0.376. The molecule has 0 saturated heterocycles. The monoisotopic (exact) mass is 532 g/mol. The minimum Gasteiger partial charge on any atom is -0.481 e. The fourth-order valence-electron chi connectivity index (χ4n) is 10.5. The summed E-state index contributed by atoms with van der Waals surface area (Å²) in [6, 6.07) is 0. The van der Waals surface area contributed by atoms with Gasteiger partial charge in [-0.2, -0.15) is 0 Å². The molecule has 7 nitrogen and oxygen atoms in total. The maximum atomic E-state index is 12.9. The van der Waals surface area contributed by atoms with Crippen molar-refractivity contribution in [3.05, 3.63) is 11.1 Å². The third-order valence-electron chi connectivity index (χ3n) is 13.1. The first-order valence-corrected chi connectivity index (χ1v) is 14.7. The van der Waals surface area contributed by atoms with Crippen molar-refractivity contribution in [2.75, 3.05) is 7.11 Å². The van der Waals surface area contributed by atoms with E-state index in [4.69, 9.17) is 4.74 Å². The molecule has 0 bridgehead atoms. The number of allylic oxidation sites excluding steroid dienone is 1. The Bertz CT molecular complexity index is 1050. The Kier molecular flexibility index (Phi) is 6.49. The van der Waals surface area contributed by atoms with Gasteiger partial charge in [-0.25, -0.2) is 0 Å². The highest BCUT2D eigenvalue weighted by Gasteiger charge is 2.67. The highest BCUT2D eigenvalue weighted by molar-refractivity contribution is 5.77. The van der Waals surface area contributed by atoms with Gasteiger partial charge in [-0.3, -0.25) is 9.59 Å². The van der Waals surface area contributed by atoms with Crippen molar-refractivity contribution in [1.29, 1.82) is 0 Å². The minimum atomic E-state index is -1.20. The fraction of sp³-hybridized carbons (Fsp3) is 0.871. The Morgan fingerprint density at radius 3 is 2.16 bits per heavy atom. The number of aliphatic hydroxyl groups is 2. The molecule has 5 aliphatic rings. The minimum absolute atomic E-state index is 0.132. The topological polar surface area (TPSA) is 124 Å². The standard InChI is InChI=1S/C31H48O7/c1-27(2)13-14-31(26(36)37)12-7-19-18(23(31)24(27)33)15-17(38-6)16-21-28(19,3)10-8-20-29(21,4)11-9-22(32)30(20,5)25(34)35/h17,20-24,32-33H,7-16H2,1-6H3,(H,34,35)(H,36,37)/t17-,20-,21+,22-,23-,24+,28+,29+,30-,31-/m1/s1. The van der Waals surface area contributed by atoms with E-state index < -0.39 is 40.9 Å². The van der Waals surface area contributed by atoms with Crippen LogP contribution in [0, 0.1) is 44.8 Å². The van der Waals surface area contributed by atoms with E-state index in [9.17, 15) is 30.0 Å². The number of hydrogen-bond acceptors (Lipinski definition) is 5. The lowest BCUT2D eigenvalue weighted by molar-refractivity contribution is -0.199. The van der Waals surface area contributed by atoms with Crippen LogP contribution in [0.5, 0.6) is 0 Å². The molecule has 0 amide bonds. The van der Waals surface area contributed by atoms with E-state index in [2.05, 4.69) is 27.7 Å². The van der Waals surface area contributed by atoms with E-state index in [0.717, 1.165) is 24.8 Å². The molecule has 3 fully saturated rings. The summed E-state index contributed by atoms with van der Waals surface area (Å²) in [5, 5.41) is 43.6. The second-order valence-corrected chi connectivity index (χ2v) is 14.9. The van der Waals surface area contributed by atoms with E-state index in [1.807, 2.05) is 0 Å². The van der Waals surface area contributed by atoms with E-state index in [-0.39, 0.29) is 34.2 Å². The Labute approximate surface area is 227 Å². The highest BCUT2D eigenvalue weighted by Crippen LogP contribution is 2.71. The van der Waals surface area contributed by atoms with Crippen molar-refractivity contribution in [3.63, 3.8) is 0 Å². The Morgan fingerprint density at radius 1 is 0.868 bits per heavy atom. The Hall–Kier alpha value is -1.44. The van der Waals surface area contributed by atoms with Gasteiger partial charge in [-0.05, 0) is 99.2 Å². The molecule has 0 heterocycles. The first-order chi connectivity index (χ1) is 17.6. The van der Waals surface area contributed by atoms with Crippen LogP contribution < -0.4 is 0 Å². The maximum absolute atomic E-state index is 12.9. The second kappa shape index (κ2) is 8.78. The molecule has 0 aromatic rings. The molecule has 0 radical (unpaired) electrons. The lowest BCUT2D eigenvalue weighted by Gasteiger charge is -2.64. The number of carbonyl (C=O) groups is 2. The largest absolute Gasteiger partial charge is 0.481 e. The van der Waals surface area contributed by atoms with Gasteiger partial charge in [-0.1, -0.05) is 38.8 Å². The van der Waals surface area contributed by atoms with Gasteiger partial charge in [-0.15, -0.1) is 0 Å². The number of carboxylic acids is 2. The van der Waals surface area contributed by atoms with Crippen LogP contribution in [0.2, 0.25) is 0 Å². The summed E-state index contributed by atoms with van der Waals surface area (Å²) >= 11 is 0. The van der Waals surface area contributed by atoms with Crippen LogP contribution in [0.1, 0.15) is 98.8 Å². The van der Waals surface area contributed by atoms with Crippen LogP contribution in [0.25, 0.3) is 0 Å². The molecule has 10 atom stereocenters. The first-order valence-electron chi connectivity index (χ1n) is 14.7. The predicted molar refractivity (Wildman–Crippen MR) is 142 cm³/mol. The lowest BCUT2D eigenvalue weighted by atomic mass is 9.40. The first kappa shape index (κ1) is 28.1. The van der Waals surface area contributed by atoms with Gasteiger partial charge in [0.1, 0.15) is 0 Å². The average molecular weight is 533 g/mol. The van der Waals surface area contributed by atoms with Crippen LogP contribution in [0.4, 0.5) is 0 Å².